The molecule has 0 fully saturated rings. The molecule has 150 valence electrons. The van der Waals surface area contributed by atoms with Gasteiger partial charge < -0.3 is 9.47 Å². The number of nitrogens with zero attached hydrogens (tertiary/aromatic N) is 1. The Hall–Kier alpha value is -3.86. The lowest BCUT2D eigenvalue weighted by molar-refractivity contribution is 0.0952. The zero-order valence-electron chi connectivity index (χ0n) is 16.9. The molecule has 0 aliphatic carbocycles. The second-order valence-electron chi connectivity index (χ2n) is 6.73. The van der Waals surface area contributed by atoms with Crippen LogP contribution < -0.4 is 14.9 Å². The van der Waals surface area contributed by atoms with Gasteiger partial charge in [-0.05, 0) is 46.7 Å². The molecule has 4 rings (SSSR count). The third kappa shape index (κ3) is 3.82. The normalized spacial score (nSPS) is 11.1. The maximum absolute atomic E-state index is 12.8. The summed E-state index contributed by atoms with van der Waals surface area (Å²) < 4.78 is 11.2. The lowest BCUT2D eigenvalue weighted by Crippen LogP contribution is -2.18. The Balaban J connectivity index is 1.65. The van der Waals surface area contributed by atoms with Gasteiger partial charge in [-0.1, -0.05) is 54.6 Å². The highest BCUT2D eigenvalue weighted by Gasteiger charge is 2.13. The number of hydrazone groups is 1. The number of carbonyl (C=O) groups is 1. The highest BCUT2D eigenvalue weighted by Crippen LogP contribution is 2.27. The second kappa shape index (κ2) is 8.66. The van der Waals surface area contributed by atoms with Crippen molar-refractivity contribution in [2.45, 2.75) is 6.92 Å². The monoisotopic (exact) mass is 398 g/mol. The van der Waals surface area contributed by atoms with Gasteiger partial charge in [0.1, 0.15) is 11.5 Å². The highest BCUT2D eigenvalue weighted by molar-refractivity contribution is 6.04. The molecular weight excluding hydrogens is 376 g/mol. The largest absolute Gasteiger partial charge is 0.496 e. The van der Waals surface area contributed by atoms with Gasteiger partial charge in [0.15, 0.2) is 0 Å². The Bertz CT molecular complexity index is 1250. The number of amides is 1. The smallest absolute Gasteiger partial charge is 0.275 e. The molecule has 0 aromatic heterocycles. The number of hydrogen-bond donors (Lipinski definition) is 1. The molecule has 0 unspecified atom stereocenters. The van der Waals surface area contributed by atoms with E-state index < -0.39 is 0 Å². The van der Waals surface area contributed by atoms with Gasteiger partial charge in [0, 0.05) is 5.56 Å². The lowest BCUT2D eigenvalue weighted by atomic mass is 10.0. The van der Waals surface area contributed by atoms with E-state index in [1.54, 1.807) is 13.3 Å². The molecule has 5 heteroatoms. The van der Waals surface area contributed by atoms with Crippen LogP contribution in [-0.2, 0) is 0 Å². The Morgan fingerprint density at radius 2 is 1.63 bits per heavy atom. The fourth-order valence-electron chi connectivity index (χ4n) is 3.47. The zero-order chi connectivity index (χ0) is 20.9. The van der Waals surface area contributed by atoms with Crippen LogP contribution >= 0.6 is 0 Å². The van der Waals surface area contributed by atoms with E-state index in [1.165, 1.54) is 0 Å². The number of fused-ring (bicyclic) bond motifs is 2. The fourth-order valence-corrected chi connectivity index (χ4v) is 3.47. The molecule has 0 heterocycles. The summed E-state index contributed by atoms with van der Waals surface area (Å²) in [5.41, 5.74) is 3.86. The molecule has 0 saturated carbocycles. The van der Waals surface area contributed by atoms with Crippen LogP contribution in [0.3, 0.4) is 0 Å². The summed E-state index contributed by atoms with van der Waals surface area (Å²) in [4.78, 5) is 12.8. The third-order valence-corrected chi connectivity index (χ3v) is 4.90. The van der Waals surface area contributed by atoms with Crippen molar-refractivity contribution in [1.29, 1.82) is 0 Å². The summed E-state index contributed by atoms with van der Waals surface area (Å²) in [7, 11) is 1.55. The first-order chi connectivity index (χ1) is 14.7. The number of hydrogen-bond acceptors (Lipinski definition) is 4. The number of nitrogens with one attached hydrogen (secondary N) is 1. The van der Waals surface area contributed by atoms with Crippen molar-refractivity contribution in [3.8, 4) is 11.5 Å². The van der Waals surface area contributed by atoms with Gasteiger partial charge in [0.2, 0.25) is 0 Å². The zero-order valence-corrected chi connectivity index (χ0v) is 16.9. The van der Waals surface area contributed by atoms with Crippen molar-refractivity contribution in [2.75, 3.05) is 13.7 Å². The predicted octanol–water partition coefficient (Wildman–Crippen LogP) is 5.16. The first kappa shape index (κ1) is 19.5. The van der Waals surface area contributed by atoms with E-state index in [-0.39, 0.29) is 5.91 Å². The molecular formula is C25H22N2O3. The Labute approximate surface area is 174 Å². The standard InChI is InChI=1S/C25H22N2O3/c1-3-30-23-13-12-17-8-6-7-11-20(17)22(23)16-26-27-25(28)21-14-18-9-4-5-10-19(18)15-24(21)29-2/h4-16H,3H2,1-2H3,(H,27,28). The van der Waals surface area contributed by atoms with Crippen molar-refractivity contribution in [1.82, 2.24) is 5.43 Å². The Kier molecular flexibility index (Phi) is 5.61. The molecule has 0 atom stereocenters. The minimum Gasteiger partial charge on any atom is -0.496 e. The second-order valence-corrected chi connectivity index (χ2v) is 6.73. The number of rotatable bonds is 6. The molecule has 0 aliphatic heterocycles. The lowest BCUT2D eigenvalue weighted by Gasteiger charge is -2.11. The highest BCUT2D eigenvalue weighted by atomic mass is 16.5. The van der Waals surface area contributed by atoms with Gasteiger partial charge in [0.25, 0.3) is 5.91 Å². The van der Waals surface area contributed by atoms with Crippen LogP contribution in [0.4, 0.5) is 0 Å². The van der Waals surface area contributed by atoms with E-state index in [4.69, 9.17) is 9.47 Å². The van der Waals surface area contributed by atoms with Crippen molar-refractivity contribution in [3.05, 3.63) is 83.9 Å². The van der Waals surface area contributed by atoms with Gasteiger partial charge in [-0.2, -0.15) is 5.10 Å². The van der Waals surface area contributed by atoms with Gasteiger partial charge in [-0.15, -0.1) is 0 Å². The molecule has 1 N–H and O–H groups in total. The molecule has 4 aromatic rings. The number of methoxy groups -OCH3 is 1. The Morgan fingerprint density at radius 1 is 0.933 bits per heavy atom. The van der Waals surface area contributed by atoms with E-state index in [2.05, 4.69) is 10.5 Å². The molecule has 30 heavy (non-hydrogen) atoms. The van der Waals surface area contributed by atoms with Gasteiger partial charge in [-0.25, -0.2) is 5.43 Å². The van der Waals surface area contributed by atoms with Gasteiger partial charge in [0.05, 0.1) is 25.5 Å². The number of carbonyl (C=O) groups excluding carboxylic acids is 1. The SMILES string of the molecule is CCOc1ccc2ccccc2c1C=NNC(=O)c1cc2ccccc2cc1OC. The topological polar surface area (TPSA) is 59.9 Å². The van der Waals surface area contributed by atoms with Crippen LogP contribution in [0.15, 0.2) is 77.9 Å². The molecule has 0 aliphatic rings. The third-order valence-electron chi connectivity index (χ3n) is 4.90. The van der Waals surface area contributed by atoms with E-state index in [9.17, 15) is 4.79 Å². The van der Waals surface area contributed by atoms with Crippen molar-refractivity contribution in [3.63, 3.8) is 0 Å². The molecule has 0 spiro atoms. The first-order valence-electron chi connectivity index (χ1n) is 9.76. The summed E-state index contributed by atoms with van der Waals surface area (Å²) in [5, 5.41) is 8.25. The maximum Gasteiger partial charge on any atom is 0.275 e. The molecule has 4 aromatic carbocycles. The van der Waals surface area contributed by atoms with Crippen LogP contribution in [0.25, 0.3) is 21.5 Å². The Morgan fingerprint density at radius 3 is 2.37 bits per heavy atom. The van der Waals surface area contributed by atoms with Crippen LogP contribution in [0, 0.1) is 0 Å². The van der Waals surface area contributed by atoms with E-state index in [0.29, 0.717) is 17.9 Å². The van der Waals surface area contributed by atoms with Crippen LogP contribution in [0.2, 0.25) is 0 Å². The van der Waals surface area contributed by atoms with Crippen LogP contribution in [-0.4, -0.2) is 25.8 Å². The molecule has 0 saturated heterocycles. The number of ether oxygens (including phenoxy) is 2. The van der Waals surface area contributed by atoms with Crippen molar-refractivity contribution < 1.29 is 14.3 Å². The van der Waals surface area contributed by atoms with Crippen molar-refractivity contribution in [2.24, 2.45) is 5.10 Å². The van der Waals surface area contributed by atoms with Crippen LogP contribution in [0.5, 0.6) is 11.5 Å². The predicted molar refractivity (Wildman–Crippen MR) is 121 cm³/mol. The molecule has 1 amide bonds. The first-order valence-corrected chi connectivity index (χ1v) is 9.76. The van der Waals surface area contributed by atoms with Crippen LogP contribution in [0.1, 0.15) is 22.8 Å². The quantitative estimate of drug-likeness (QED) is 0.360. The van der Waals surface area contributed by atoms with E-state index in [1.807, 2.05) is 79.7 Å². The average molecular weight is 398 g/mol. The van der Waals surface area contributed by atoms with Crippen molar-refractivity contribution >= 4 is 33.7 Å². The summed E-state index contributed by atoms with van der Waals surface area (Å²) in [6.45, 7) is 2.48. The summed E-state index contributed by atoms with van der Waals surface area (Å²) in [5.74, 6) is 0.881. The average Bonchev–Trinajstić information content (AvgIpc) is 2.79. The maximum atomic E-state index is 12.8. The van der Waals surface area contributed by atoms with Gasteiger partial charge in [-0.3, -0.25) is 4.79 Å². The van der Waals surface area contributed by atoms with Gasteiger partial charge >= 0.3 is 0 Å². The summed E-state index contributed by atoms with van der Waals surface area (Å²) >= 11 is 0. The molecule has 5 nitrogen and oxygen atoms in total. The van der Waals surface area contributed by atoms with E-state index >= 15 is 0 Å². The minimum absolute atomic E-state index is 0.341. The minimum atomic E-state index is -0.341. The molecule has 0 radical (unpaired) electrons. The van der Waals surface area contributed by atoms with E-state index in [0.717, 1.165) is 32.9 Å². The molecule has 0 bridgehead atoms. The summed E-state index contributed by atoms with van der Waals surface area (Å²) in [6.07, 6.45) is 1.62. The fraction of sp³-hybridized carbons (Fsp3) is 0.120. The number of benzene rings is 4. The summed E-state index contributed by atoms with van der Waals surface area (Å²) in [6, 6.07) is 23.4.